The van der Waals surface area contributed by atoms with Gasteiger partial charge >= 0.3 is 0 Å². The highest BCUT2D eigenvalue weighted by Crippen LogP contribution is 2.24. The van der Waals surface area contributed by atoms with Crippen LogP contribution in [0, 0.1) is 10.1 Å². The number of aromatic nitrogens is 1. The van der Waals surface area contributed by atoms with Crippen molar-refractivity contribution < 1.29 is 4.92 Å². The highest BCUT2D eigenvalue weighted by Gasteiger charge is 2.22. The predicted octanol–water partition coefficient (Wildman–Crippen LogP) is 2.87. The average molecular weight is 312 g/mol. The molecule has 0 unspecified atom stereocenters. The number of nitrogens with zero attached hydrogens (tertiary/aromatic N) is 4. The summed E-state index contributed by atoms with van der Waals surface area (Å²) < 4.78 is 0. The fourth-order valence-electron chi connectivity index (χ4n) is 3.01. The van der Waals surface area contributed by atoms with Crippen molar-refractivity contribution in [3.05, 3.63) is 64.5 Å². The first kappa shape index (κ1) is 15.4. The molecule has 1 aromatic carbocycles. The fraction of sp³-hybridized carbons (Fsp3) is 0.353. The third kappa shape index (κ3) is 3.48. The quantitative estimate of drug-likeness (QED) is 0.641. The first-order valence-corrected chi connectivity index (χ1v) is 7.78. The lowest BCUT2D eigenvalue weighted by Gasteiger charge is -2.39. The smallest absolute Gasteiger partial charge is 0.269 e. The van der Waals surface area contributed by atoms with Crippen molar-refractivity contribution >= 4 is 11.4 Å². The second-order valence-corrected chi connectivity index (χ2v) is 5.75. The average Bonchev–Trinajstić information content (AvgIpc) is 2.62. The van der Waals surface area contributed by atoms with E-state index in [1.165, 1.54) is 5.56 Å². The molecule has 0 amide bonds. The van der Waals surface area contributed by atoms with Crippen LogP contribution in [0.2, 0.25) is 0 Å². The lowest BCUT2D eigenvalue weighted by Crippen LogP contribution is -2.47. The van der Waals surface area contributed by atoms with E-state index in [1.54, 1.807) is 12.1 Å². The molecule has 1 saturated heterocycles. The molecule has 1 aliphatic heterocycles. The molecule has 3 rings (SSSR count). The summed E-state index contributed by atoms with van der Waals surface area (Å²) in [4.78, 5) is 19.2. The van der Waals surface area contributed by atoms with E-state index in [-0.39, 0.29) is 10.6 Å². The summed E-state index contributed by atoms with van der Waals surface area (Å²) >= 11 is 0. The summed E-state index contributed by atoms with van der Waals surface area (Å²) in [5.41, 5.74) is 2.47. The highest BCUT2D eigenvalue weighted by atomic mass is 16.6. The molecule has 2 heterocycles. The summed E-state index contributed by atoms with van der Waals surface area (Å²) in [5, 5.41) is 10.7. The Bertz CT molecular complexity index is 652. The Morgan fingerprint density at radius 1 is 1.04 bits per heavy atom. The maximum atomic E-state index is 10.7. The van der Waals surface area contributed by atoms with Crippen LogP contribution in [0.5, 0.6) is 0 Å². The lowest BCUT2D eigenvalue weighted by molar-refractivity contribution is -0.384. The monoisotopic (exact) mass is 312 g/mol. The summed E-state index contributed by atoms with van der Waals surface area (Å²) in [7, 11) is 0. The number of non-ortho nitro benzene ring substituents is 1. The van der Waals surface area contributed by atoms with E-state index in [4.69, 9.17) is 0 Å². The highest BCUT2D eigenvalue weighted by molar-refractivity contribution is 5.51. The molecule has 0 radical (unpaired) electrons. The minimum atomic E-state index is -0.363. The number of hydrogen-bond acceptors (Lipinski definition) is 5. The zero-order valence-electron chi connectivity index (χ0n) is 13.1. The van der Waals surface area contributed by atoms with Crippen molar-refractivity contribution in [2.75, 3.05) is 31.1 Å². The number of pyridine rings is 1. The van der Waals surface area contributed by atoms with Crippen molar-refractivity contribution in [2.45, 2.75) is 13.0 Å². The standard InChI is InChI=1S/C17H20N4O2/c1-14(15-6-8-18-9-7-15)19-10-12-20(13-11-19)16-2-4-17(5-3-16)21(22)23/h2-9,14H,10-13H2,1H3/t14-/m0/s1. The number of hydrogen-bond donors (Lipinski definition) is 0. The SMILES string of the molecule is C[C@@H](c1ccncc1)N1CCN(c2ccc([N+](=O)[O-])cc2)CC1. The van der Waals surface area contributed by atoms with Crippen LogP contribution in [0.4, 0.5) is 11.4 Å². The number of benzene rings is 1. The van der Waals surface area contributed by atoms with Gasteiger partial charge in [0.05, 0.1) is 4.92 Å². The van der Waals surface area contributed by atoms with E-state index < -0.39 is 0 Å². The predicted molar refractivity (Wildman–Crippen MR) is 89.5 cm³/mol. The van der Waals surface area contributed by atoms with E-state index in [2.05, 4.69) is 33.8 Å². The van der Waals surface area contributed by atoms with Crippen LogP contribution < -0.4 is 4.90 Å². The molecular weight excluding hydrogens is 292 g/mol. The summed E-state index contributed by atoms with van der Waals surface area (Å²) in [6, 6.07) is 11.3. The van der Waals surface area contributed by atoms with Crippen LogP contribution in [-0.2, 0) is 0 Å². The van der Waals surface area contributed by atoms with Gasteiger partial charge in [-0.05, 0) is 36.8 Å². The Balaban J connectivity index is 1.61. The summed E-state index contributed by atoms with van der Waals surface area (Å²) in [5.74, 6) is 0. The van der Waals surface area contributed by atoms with Crippen molar-refractivity contribution in [2.24, 2.45) is 0 Å². The van der Waals surface area contributed by atoms with Gasteiger partial charge in [0.25, 0.3) is 5.69 Å². The molecular formula is C17H20N4O2. The van der Waals surface area contributed by atoms with Crippen LogP contribution >= 0.6 is 0 Å². The van der Waals surface area contributed by atoms with Crippen molar-refractivity contribution in [3.8, 4) is 0 Å². The van der Waals surface area contributed by atoms with Crippen LogP contribution in [0.25, 0.3) is 0 Å². The third-order valence-electron chi connectivity index (χ3n) is 4.48. The van der Waals surface area contributed by atoms with E-state index in [9.17, 15) is 10.1 Å². The first-order chi connectivity index (χ1) is 11.1. The first-order valence-electron chi connectivity index (χ1n) is 7.78. The Labute approximate surface area is 135 Å². The molecule has 1 aliphatic rings. The minimum absolute atomic E-state index is 0.138. The largest absolute Gasteiger partial charge is 0.369 e. The zero-order chi connectivity index (χ0) is 16.2. The molecule has 0 bridgehead atoms. The Hall–Kier alpha value is -2.47. The fourth-order valence-corrected chi connectivity index (χ4v) is 3.01. The van der Waals surface area contributed by atoms with Gasteiger partial charge in [-0.15, -0.1) is 0 Å². The maximum absolute atomic E-state index is 10.7. The van der Waals surface area contributed by atoms with Crippen LogP contribution in [0.3, 0.4) is 0 Å². The maximum Gasteiger partial charge on any atom is 0.269 e. The van der Waals surface area contributed by atoms with Gasteiger partial charge in [0.15, 0.2) is 0 Å². The van der Waals surface area contributed by atoms with Gasteiger partial charge in [-0.2, -0.15) is 0 Å². The van der Waals surface area contributed by atoms with Gasteiger partial charge in [0.2, 0.25) is 0 Å². The summed E-state index contributed by atoms with van der Waals surface area (Å²) in [6.07, 6.45) is 3.66. The van der Waals surface area contributed by atoms with Gasteiger partial charge in [-0.1, -0.05) is 0 Å². The Morgan fingerprint density at radius 3 is 2.22 bits per heavy atom. The van der Waals surface area contributed by atoms with Gasteiger partial charge in [0, 0.05) is 62.4 Å². The van der Waals surface area contributed by atoms with Crippen molar-refractivity contribution in [1.29, 1.82) is 0 Å². The molecule has 1 fully saturated rings. The molecule has 120 valence electrons. The molecule has 1 aromatic heterocycles. The number of anilines is 1. The molecule has 0 N–H and O–H groups in total. The molecule has 6 nitrogen and oxygen atoms in total. The number of rotatable bonds is 4. The molecule has 1 atom stereocenters. The van der Waals surface area contributed by atoms with Crippen LogP contribution in [-0.4, -0.2) is 41.0 Å². The topological polar surface area (TPSA) is 62.5 Å². The van der Waals surface area contributed by atoms with E-state index >= 15 is 0 Å². The summed E-state index contributed by atoms with van der Waals surface area (Å²) in [6.45, 7) is 6.01. The van der Waals surface area contributed by atoms with Gasteiger partial charge < -0.3 is 4.90 Å². The van der Waals surface area contributed by atoms with Gasteiger partial charge in [0.1, 0.15) is 0 Å². The molecule has 0 saturated carbocycles. The lowest BCUT2D eigenvalue weighted by atomic mass is 10.1. The van der Waals surface area contributed by atoms with Crippen LogP contribution in [0.1, 0.15) is 18.5 Å². The molecule has 2 aromatic rings. The second-order valence-electron chi connectivity index (χ2n) is 5.75. The second kappa shape index (κ2) is 6.75. The van der Waals surface area contributed by atoms with E-state index in [0.29, 0.717) is 6.04 Å². The third-order valence-corrected chi connectivity index (χ3v) is 4.48. The molecule has 6 heteroatoms. The minimum Gasteiger partial charge on any atom is -0.369 e. The zero-order valence-corrected chi connectivity index (χ0v) is 13.1. The van der Waals surface area contributed by atoms with E-state index in [0.717, 1.165) is 31.9 Å². The Morgan fingerprint density at radius 2 is 1.65 bits per heavy atom. The number of nitro groups is 1. The molecule has 0 aliphatic carbocycles. The van der Waals surface area contributed by atoms with Crippen molar-refractivity contribution in [3.63, 3.8) is 0 Å². The van der Waals surface area contributed by atoms with Gasteiger partial charge in [-0.3, -0.25) is 20.0 Å². The van der Waals surface area contributed by atoms with Crippen molar-refractivity contribution in [1.82, 2.24) is 9.88 Å². The van der Waals surface area contributed by atoms with Gasteiger partial charge in [-0.25, -0.2) is 0 Å². The Kier molecular flexibility index (Phi) is 4.52. The number of nitro benzene ring substituents is 1. The normalized spacial score (nSPS) is 17.0. The van der Waals surface area contributed by atoms with Crippen LogP contribution in [0.15, 0.2) is 48.8 Å². The molecule has 0 spiro atoms. The molecule has 23 heavy (non-hydrogen) atoms. The number of piperazine rings is 1. The van der Waals surface area contributed by atoms with E-state index in [1.807, 2.05) is 24.5 Å².